The molecule has 4 heteroatoms. The molecule has 2 aromatic rings. The number of benzene rings is 1. The highest BCUT2D eigenvalue weighted by molar-refractivity contribution is 9.10. The van der Waals surface area contributed by atoms with Crippen molar-refractivity contribution >= 4 is 27.3 Å². The maximum atomic E-state index is 9.08. The molecule has 1 aromatic carbocycles. The van der Waals surface area contributed by atoms with Crippen LogP contribution in [-0.4, -0.2) is 4.98 Å². The van der Waals surface area contributed by atoms with Gasteiger partial charge in [-0.3, -0.25) is 4.98 Å². The van der Waals surface area contributed by atoms with E-state index in [0.717, 1.165) is 27.2 Å². The fourth-order valence-corrected chi connectivity index (χ4v) is 2.04. The number of nitriles is 1. The number of hydrogen-bond donors (Lipinski definition) is 1. The second-order valence-electron chi connectivity index (χ2n) is 4.01. The SMILES string of the molecule is Cc1ccc(Nc2cc(Br)ccc2C#N)c(C)n1. The fourth-order valence-electron chi connectivity index (χ4n) is 1.68. The molecule has 1 N–H and O–H groups in total. The number of anilines is 2. The molecular formula is C14H12BrN3. The number of aryl methyl sites for hydroxylation is 2. The van der Waals surface area contributed by atoms with Crippen LogP contribution in [0.2, 0.25) is 0 Å². The molecule has 1 heterocycles. The van der Waals surface area contributed by atoms with Crippen LogP contribution in [0.5, 0.6) is 0 Å². The molecule has 0 bridgehead atoms. The Kier molecular flexibility index (Phi) is 3.63. The van der Waals surface area contributed by atoms with Gasteiger partial charge in [0.1, 0.15) is 6.07 Å². The van der Waals surface area contributed by atoms with Crippen LogP contribution in [-0.2, 0) is 0 Å². The zero-order chi connectivity index (χ0) is 13.1. The van der Waals surface area contributed by atoms with Crippen molar-refractivity contribution in [2.75, 3.05) is 5.32 Å². The van der Waals surface area contributed by atoms with Crippen LogP contribution in [0.1, 0.15) is 17.0 Å². The lowest BCUT2D eigenvalue weighted by molar-refractivity contribution is 1.12. The number of hydrogen-bond acceptors (Lipinski definition) is 3. The lowest BCUT2D eigenvalue weighted by Gasteiger charge is -2.11. The molecule has 1 aromatic heterocycles. The Morgan fingerprint density at radius 3 is 2.61 bits per heavy atom. The van der Waals surface area contributed by atoms with Gasteiger partial charge in [0.25, 0.3) is 0 Å². The predicted octanol–water partition coefficient (Wildman–Crippen LogP) is 4.08. The Bertz CT molecular complexity index is 629. The van der Waals surface area contributed by atoms with E-state index in [2.05, 4.69) is 32.3 Å². The fraction of sp³-hybridized carbons (Fsp3) is 0.143. The van der Waals surface area contributed by atoms with Gasteiger partial charge in [-0.1, -0.05) is 15.9 Å². The molecule has 0 atom stereocenters. The first-order valence-corrected chi connectivity index (χ1v) is 6.30. The summed E-state index contributed by atoms with van der Waals surface area (Å²) in [5.74, 6) is 0. The van der Waals surface area contributed by atoms with Crippen molar-refractivity contribution in [1.82, 2.24) is 4.98 Å². The summed E-state index contributed by atoms with van der Waals surface area (Å²) in [6.07, 6.45) is 0. The molecule has 0 saturated heterocycles. The largest absolute Gasteiger partial charge is 0.353 e. The summed E-state index contributed by atoms with van der Waals surface area (Å²) in [5.41, 5.74) is 4.20. The maximum Gasteiger partial charge on any atom is 0.101 e. The summed E-state index contributed by atoms with van der Waals surface area (Å²) in [6.45, 7) is 3.90. The molecule has 0 spiro atoms. The van der Waals surface area contributed by atoms with Gasteiger partial charge in [-0.05, 0) is 44.2 Å². The Morgan fingerprint density at radius 1 is 1.17 bits per heavy atom. The van der Waals surface area contributed by atoms with Gasteiger partial charge in [-0.15, -0.1) is 0 Å². The minimum atomic E-state index is 0.609. The summed E-state index contributed by atoms with van der Waals surface area (Å²) >= 11 is 3.40. The zero-order valence-corrected chi connectivity index (χ0v) is 11.7. The molecule has 0 saturated carbocycles. The molecule has 0 aliphatic heterocycles. The van der Waals surface area contributed by atoms with Crippen LogP contribution < -0.4 is 5.32 Å². The second kappa shape index (κ2) is 5.19. The van der Waals surface area contributed by atoms with E-state index >= 15 is 0 Å². The third-order valence-electron chi connectivity index (χ3n) is 2.60. The molecule has 0 fully saturated rings. The number of rotatable bonds is 2. The molecule has 90 valence electrons. The number of nitrogens with zero attached hydrogens (tertiary/aromatic N) is 2. The summed E-state index contributed by atoms with van der Waals surface area (Å²) in [7, 11) is 0. The first-order valence-electron chi connectivity index (χ1n) is 5.51. The van der Waals surface area contributed by atoms with Crippen molar-refractivity contribution in [3.05, 3.63) is 51.8 Å². The summed E-state index contributed by atoms with van der Waals surface area (Å²) in [4.78, 5) is 4.39. The normalized spacial score (nSPS) is 9.89. The van der Waals surface area contributed by atoms with E-state index in [1.807, 2.05) is 38.1 Å². The minimum absolute atomic E-state index is 0.609. The number of nitrogens with one attached hydrogen (secondary N) is 1. The van der Waals surface area contributed by atoms with Crippen molar-refractivity contribution in [2.45, 2.75) is 13.8 Å². The molecule has 18 heavy (non-hydrogen) atoms. The zero-order valence-electron chi connectivity index (χ0n) is 10.2. The third kappa shape index (κ3) is 2.69. The average molecular weight is 302 g/mol. The quantitative estimate of drug-likeness (QED) is 0.909. The van der Waals surface area contributed by atoms with Crippen molar-refractivity contribution in [3.8, 4) is 6.07 Å². The summed E-state index contributed by atoms with van der Waals surface area (Å²) < 4.78 is 0.932. The molecular weight excluding hydrogens is 290 g/mol. The van der Waals surface area contributed by atoms with Gasteiger partial charge >= 0.3 is 0 Å². The van der Waals surface area contributed by atoms with Gasteiger partial charge < -0.3 is 5.32 Å². The van der Waals surface area contributed by atoms with E-state index in [0.29, 0.717) is 5.56 Å². The van der Waals surface area contributed by atoms with Crippen molar-refractivity contribution in [3.63, 3.8) is 0 Å². The van der Waals surface area contributed by atoms with Gasteiger partial charge in [0.05, 0.1) is 22.6 Å². The molecule has 0 amide bonds. The molecule has 0 aliphatic carbocycles. The summed E-state index contributed by atoms with van der Waals surface area (Å²) in [5, 5.41) is 12.3. The number of halogens is 1. The number of pyridine rings is 1. The van der Waals surface area contributed by atoms with Crippen LogP contribution in [0.4, 0.5) is 11.4 Å². The van der Waals surface area contributed by atoms with Crippen LogP contribution in [0, 0.1) is 25.2 Å². The third-order valence-corrected chi connectivity index (χ3v) is 3.09. The van der Waals surface area contributed by atoms with Crippen LogP contribution in [0.25, 0.3) is 0 Å². The topological polar surface area (TPSA) is 48.7 Å². The van der Waals surface area contributed by atoms with E-state index in [1.165, 1.54) is 0 Å². The highest BCUT2D eigenvalue weighted by atomic mass is 79.9. The second-order valence-corrected chi connectivity index (χ2v) is 4.93. The van der Waals surface area contributed by atoms with Crippen molar-refractivity contribution in [1.29, 1.82) is 5.26 Å². The van der Waals surface area contributed by atoms with E-state index in [4.69, 9.17) is 5.26 Å². The van der Waals surface area contributed by atoms with E-state index in [-0.39, 0.29) is 0 Å². The lowest BCUT2D eigenvalue weighted by Crippen LogP contribution is -1.98. The molecule has 0 radical (unpaired) electrons. The van der Waals surface area contributed by atoms with Gasteiger partial charge in [-0.25, -0.2) is 0 Å². The molecule has 2 rings (SSSR count). The Hall–Kier alpha value is -1.86. The van der Waals surface area contributed by atoms with E-state index < -0.39 is 0 Å². The lowest BCUT2D eigenvalue weighted by atomic mass is 10.2. The molecule has 3 nitrogen and oxygen atoms in total. The first kappa shape index (κ1) is 12.6. The summed E-state index contributed by atoms with van der Waals surface area (Å²) in [6, 6.07) is 11.6. The first-order chi connectivity index (χ1) is 8.60. The standard InChI is InChI=1S/C14H12BrN3/c1-9-3-6-13(10(2)17-9)18-14-7-12(15)5-4-11(14)8-16/h3-7,18H,1-2H3. The van der Waals surface area contributed by atoms with Gasteiger partial charge in [0, 0.05) is 10.2 Å². The maximum absolute atomic E-state index is 9.08. The van der Waals surface area contributed by atoms with Crippen LogP contribution in [0.15, 0.2) is 34.8 Å². The van der Waals surface area contributed by atoms with Crippen LogP contribution in [0.3, 0.4) is 0 Å². The Balaban J connectivity index is 2.40. The van der Waals surface area contributed by atoms with E-state index in [1.54, 1.807) is 6.07 Å². The highest BCUT2D eigenvalue weighted by Crippen LogP contribution is 2.25. The average Bonchev–Trinajstić information content (AvgIpc) is 2.33. The number of aromatic nitrogens is 1. The monoisotopic (exact) mass is 301 g/mol. The Labute approximate surface area is 115 Å². The Morgan fingerprint density at radius 2 is 1.94 bits per heavy atom. The van der Waals surface area contributed by atoms with E-state index in [9.17, 15) is 0 Å². The minimum Gasteiger partial charge on any atom is -0.353 e. The van der Waals surface area contributed by atoms with Gasteiger partial charge in [0.15, 0.2) is 0 Å². The van der Waals surface area contributed by atoms with Gasteiger partial charge in [-0.2, -0.15) is 5.26 Å². The van der Waals surface area contributed by atoms with Crippen LogP contribution >= 0.6 is 15.9 Å². The van der Waals surface area contributed by atoms with Crippen molar-refractivity contribution < 1.29 is 0 Å². The molecule has 0 aliphatic rings. The molecule has 0 unspecified atom stereocenters. The highest BCUT2D eigenvalue weighted by Gasteiger charge is 2.05. The van der Waals surface area contributed by atoms with Gasteiger partial charge in [0.2, 0.25) is 0 Å². The predicted molar refractivity (Wildman–Crippen MR) is 75.9 cm³/mol. The van der Waals surface area contributed by atoms with Crippen molar-refractivity contribution in [2.24, 2.45) is 0 Å². The smallest absolute Gasteiger partial charge is 0.101 e.